The van der Waals surface area contributed by atoms with Gasteiger partial charge in [-0.25, -0.2) is 0 Å². The molecule has 3 N–H and O–H groups in total. The van der Waals surface area contributed by atoms with Gasteiger partial charge in [-0.05, 0) is 24.1 Å². The molecule has 4 heteroatoms. The maximum atomic E-state index is 9.54. The predicted molar refractivity (Wildman–Crippen MR) is 62.7 cm³/mol. The number of rotatable bonds is 5. The first kappa shape index (κ1) is 12.1. The Kier molecular flexibility index (Phi) is 4.72. The molecule has 0 aliphatic carbocycles. The van der Waals surface area contributed by atoms with Crippen LogP contribution in [-0.4, -0.2) is 28.7 Å². The summed E-state index contributed by atoms with van der Waals surface area (Å²) in [7, 11) is 0. The molecule has 15 heavy (non-hydrogen) atoms. The Bertz CT molecular complexity index is 317. The van der Waals surface area contributed by atoms with Crippen LogP contribution < -0.4 is 5.32 Å². The number of phenolic OH excluding ortho intramolecular Hbond substituents is 1. The monoisotopic (exact) mass is 229 g/mol. The Labute approximate surface area is 94.7 Å². The summed E-state index contributed by atoms with van der Waals surface area (Å²) in [6.45, 7) is 2.38. The van der Waals surface area contributed by atoms with E-state index >= 15 is 0 Å². The molecule has 0 saturated heterocycles. The third-order valence-electron chi connectivity index (χ3n) is 2.18. The minimum Gasteiger partial charge on any atom is -0.506 e. The normalized spacial score (nSPS) is 12.5. The van der Waals surface area contributed by atoms with Gasteiger partial charge >= 0.3 is 0 Å². The van der Waals surface area contributed by atoms with E-state index in [9.17, 15) is 10.2 Å². The molecule has 3 nitrogen and oxygen atoms in total. The highest BCUT2D eigenvalue weighted by Crippen LogP contribution is 2.24. The number of alkyl halides is 1. The van der Waals surface area contributed by atoms with Crippen LogP contribution in [-0.2, 0) is 6.42 Å². The van der Waals surface area contributed by atoms with E-state index in [0.717, 1.165) is 12.0 Å². The van der Waals surface area contributed by atoms with Gasteiger partial charge in [0.2, 0.25) is 0 Å². The number of phenols is 1. The summed E-state index contributed by atoms with van der Waals surface area (Å²) in [6.07, 6.45) is 0.309. The van der Waals surface area contributed by atoms with Gasteiger partial charge in [0.25, 0.3) is 0 Å². The number of aryl methyl sites for hydroxylation is 1. The number of anilines is 1. The lowest BCUT2D eigenvalue weighted by molar-refractivity contribution is 0.211. The van der Waals surface area contributed by atoms with Gasteiger partial charge in [-0.1, -0.05) is 13.0 Å². The molecule has 0 amide bonds. The number of halogens is 1. The first-order valence-corrected chi connectivity index (χ1v) is 5.50. The summed E-state index contributed by atoms with van der Waals surface area (Å²) in [5.41, 5.74) is 1.77. The molecule has 0 fully saturated rings. The third kappa shape index (κ3) is 3.61. The van der Waals surface area contributed by atoms with Crippen LogP contribution in [0.1, 0.15) is 12.5 Å². The highest BCUT2D eigenvalue weighted by molar-refractivity contribution is 6.18. The van der Waals surface area contributed by atoms with Crippen LogP contribution in [0.4, 0.5) is 5.69 Å². The van der Waals surface area contributed by atoms with Crippen LogP contribution in [0.3, 0.4) is 0 Å². The molecule has 0 heterocycles. The van der Waals surface area contributed by atoms with Gasteiger partial charge < -0.3 is 15.5 Å². The fraction of sp³-hybridized carbons (Fsp3) is 0.455. The molecule has 0 radical (unpaired) electrons. The Morgan fingerprint density at radius 2 is 2.20 bits per heavy atom. The van der Waals surface area contributed by atoms with Crippen molar-refractivity contribution in [1.29, 1.82) is 0 Å². The first-order chi connectivity index (χ1) is 7.17. The molecule has 0 spiro atoms. The van der Waals surface area contributed by atoms with E-state index in [1.807, 2.05) is 19.1 Å². The molecule has 1 rings (SSSR count). The summed E-state index contributed by atoms with van der Waals surface area (Å²) >= 11 is 5.46. The summed E-state index contributed by atoms with van der Waals surface area (Å²) in [4.78, 5) is 0. The van der Waals surface area contributed by atoms with Gasteiger partial charge in [-0.15, -0.1) is 11.6 Å². The summed E-state index contributed by atoms with van der Waals surface area (Å²) in [6, 6.07) is 5.39. The molecule has 0 bridgehead atoms. The highest BCUT2D eigenvalue weighted by Gasteiger charge is 2.05. The van der Waals surface area contributed by atoms with E-state index in [1.165, 1.54) is 0 Å². The molecular formula is C11H16ClNO2. The molecular weight excluding hydrogens is 214 g/mol. The summed E-state index contributed by atoms with van der Waals surface area (Å²) < 4.78 is 0. The van der Waals surface area contributed by atoms with E-state index in [4.69, 9.17) is 11.6 Å². The van der Waals surface area contributed by atoms with Gasteiger partial charge in [-0.2, -0.15) is 0 Å². The van der Waals surface area contributed by atoms with Gasteiger partial charge in [0.1, 0.15) is 5.75 Å². The second-order valence-electron chi connectivity index (χ2n) is 3.39. The molecule has 1 aromatic rings. The van der Waals surface area contributed by atoms with Crippen molar-refractivity contribution < 1.29 is 10.2 Å². The van der Waals surface area contributed by atoms with Crippen LogP contribution in [0.25, 0.3) is 0 Å². The Hall–Kier alpha value is -0.930. The molecule has 84 valence electrons. The molecule has 1 unspecified atom stereocenters. The number of nitrogens with one attached hydrogen (secondary N) is 1. The lowest BCUT2D eigenvalue weighted by Crippen LogP contribution is -2.20. The van der Waals surface area contributed by atoms with E-state index in [0.29, 0.717) is 12.2 Å². The zero-order valence-corrected chi connectivity index (χ0v) is 9.46. The quantitative estimate of drug-likeness (QED) is 0.535. The smallest absolute Gasteiger partial charge is 0.138 e. The van der Waals surface area contributed by atoms with Crippen molar-refractivity contribution in [3.63, 3.8) is 0 Å². The van der Waals surface area contributed by atoms with Crippen molar-refractivity contribution in [2.45, 2.75) is 19.4 Å². The molecule has 1 aromatic carbocycles. The maximum absolute atomic E-state index is 9.54. The van der Waals surface area contributed by atoms with E-state index < -0.39 is 6.10 Å². The molecule has 1 atom stereocenters. The summed E-state index contributed by atoms with van der Waals surface area (Å²) in [5, 5.41) is 21.8. The third-order valence-corrected chi connectivity index (χ3v) is 2.53. The standard InChI is InChI=1S/C11H16ClNO2/c1-2-8-3-4-11(15)10(5-8)13-7-9(14)6-12/h3-5,9,13-15H,2,6-7H2,1H3. The van der Waals surface area contributed by atoms with Crippen LogP contribution in [0.2, 0.25) is 0 Å². The zero-order chi connectivity index (χ0) is 11.3. The van der Waals surface area contributed by atoms with Crippen molar-refractivity contribution >= 4 is 17.3 Å². The van der Waals surface area contributed by atoms with Crippen molar-refractivity contribution in [3.8, 4) is 5.75 Å². The van der Waals surface area contributed by atoms with Crippen LogP contribution in [0.15, 0.2) is 18.2 Å². The van der Waals surface area contributed by atoms with Crippen molar-refractivity contribution in [2.75, 3.05) is 17.7 Å². The summed E-state index contributed by atoms with van der Waals surface area (Å²) in [5.74, 6) is 0.371. The number of aliphatic hydroxyl groups excluding tert-OH is 1. The fourth-order valence-corrected chi connectivity index (χ4v) is 1.34. The average Bonchev–Trinajstić information content (AvgIpc) is 2.27. The van der Waals surface area contributed by atoms with Crippen molar-refractivity contribution in [1.82, 2.24) is 0 Å². The molecule has 0 aliphatic rings. The molecule has 0 aliphatic heterocycles. The highest BCUT2D eigenvalue weighted by atomic mass is 35.5. The SMILES string of the molecule is CCc1ccc(O)c(NCC(O)CCl)c1. The van der Waals surface area contributed by atoms with E-state index in [-0.39, 0.29) is 11.6 Å². The number of hydrogen-bond donors (Lipinski definition) is 3. The average molecular weight is 230 g/mol. The Morgan fingerprint density at radius 3 is 2.80 bits per heavy atom. The lowest BCUT2D eigenvalue weighted by atomic mass is 10.1. The van der Waals surface area contributed by atoms with E-state index in [1.54, 1.807) is 6.07 Å². The predicted octanol–water partition coefficient (Wildman–Crippen LogP) is 1.97. The zero-order valence-electron chi connectivity index (χ0n) is 8.70. The Morgan fingerprint density at radius 1 is 1.47 bits per heavy atom. The topological polar surface area (TPSA) is 52.5 Å². The van der Waals surface area contributed by atoms with Crippen LogP contribution in [0.5, 0.6) is 5.75 Å². The van der Waals surface area contributed by atoms with Gasteiger partial charge in [0.15, 0.2) is 0 Å². The number of benzene rings is 1. The minimum absolute atomic E-state index is 0.182. The Balaban J connectivity index is 2.66. The molecule has 0 saturated carbocycles. The number of aliphatic hydroxyl groups is 1. The van der Waals surface area contributed by atoms with E-state index in [2.05, 4.69) is 5.32 Å². The van der Waals surface area contributed by atoms with Crippen LogP contribution in [0, 0.1) is 0 Å². The van der Waals surface area contributed by atoms with Crippen molar-refractivity contribution in [3.05, 3.63) is 23.8 Å². The fourth-order valence-electron chi connectivity index (χ4n) is 1.23. The molecule has 0 aromatic heterocycles. The van der Waals surface area contributed by atoms with Gasteiger partial charge in [-0.3, -0.25) is 0 Å². The largest absolute Gasteiger partial charge is 0.506 e. The number of aromatic hydroxyl groups is 1. The van der Waals surface area contributed by atoms with Gasteiger partial charge in [0, 0.05) is 6.54 Å². The van der Waals surface area contributed by atoms with Crippen molar-refractivity contribution in [2.24, 2.45) is 0 Å². The minimum atomic E-state index is -0.601. The number of hydrogen-bond acceptors (Lipinski definition) is 3. The van der Waals surface area contributed by atoms with Crippen LogP contribution >= 0.6 is 11.6 Å². The first-order valence-electron chi connectivity index (χ1n) is 4.97. The van der Waals surface area contributed by atoms with Gasteiger partial charge in [0.05, 0.1) is 17.7 Å². The second kappa shape index (κ2) is 5.83. The maximum Gasteiger partial charge on any atom is 0.138 e. The lowest BCUT2D eigenvalue weighted by Gasteiger charge is -2.12. The second-order valence-corrected chi connectivity index (χ2v) is 3.70.